The van der Waals surface area contributed by atoms with Gasteiger partial charge < -0.3 is 15.7 Å². The van der Waals surface area contributed by atoms with E-state index in [4.69, 9.17) is 0 Å². The molecular formula is C13H17N3O4. The maximum absolute atomic E-state index is 11.7. The van der Waals surface area contributed by atoms with Gasteiger partial charge in [-0.25, -0.2) is 4.79 Å². The van der Waals surface area contributed by atoms with Crippen LogP contribution in [0.3, 0.4) is 0 Å². The van der Waals surface area contributed by atoms with Gasteiger partial charge in [0.2, 0.25) is 0 Å². The van der Waals surface area contributed by atoms with Crippen LogP contribution in [0.4, 0.5) is 16.2 Å². The van der Waals surface area contributed by atoms with Crippen LogP contribution in [0.25, 0.3) is 0 Å². The van der Waals surface area contributed by atoms with E-state index in [0.29, 0.717) is 24.1 Å². The average Bonchev–Trinajstić information content (AvgIpc) is 2.36. The Balaban J connectivity index is 1.94. The Morgan fingerprint density at radius 2 is 2.20 bits per heavy atom. The number of nitro groups is 1. The molecule has 0 aliphatic heterocycles. The molecule has 1 aromatic carbocycles. The number of carbonyl (C=O) groups excluding carboxylic acids is 1. The van der Waals surface area contributed by atoms with Gasteiger partial charge in [0, 0.05) is 23.9 Å². The van der Waals surface area contributed by atoms with Crippen LogP contribution in [-0.2, 0) is 0 Å². The fraction of sp³-hybridized carbons (Fsp3) is 0.462. The van der Waals surface area contributed by atoms with E-state index >= 15 is 0 Å². The maximum Gasteiger partial charge on any atom is 0.319 e. The smallest absolute Gasteiger partial charge is 0.319 e. The van der Waals surface area contributed by atoms with Crippen molar-refractivity contribution >= 4 is 17.4 Å². The third-order valence-electron chi connectivity index (χ3n) is 3.53. The normalized spacial score (nSPS) is 16.1. The Morgan fingerprint density at radius 1 is 1.50 bits per heavy atom. The molecule has 0 unspecified atom stereocenters. The van der Waals surface area contributed by atoms with E-state index in [9.17, 15) is 20.0 Å². The summed E-state index contributed by atoms with van der Waals surface area (Å²) < 4.78 is 0. The summed E-state index contributed by atoms with van der Waals surface area (Å²) in [4.78, 5) is 22.0. The summed E-state index contributed by atoms with van der Waals surface area (Å²) >= 11 is 0. The molecule has 1 saturated carbocycles. The van der Waals surface area contributed by atoms with E-state index in [-0.39, 0.29) is 12.2 Å². The molecule has 7 nitrogen and oxygen atoms in total. The molecule has 2 rings (SSSR count). The fourth-order valence-corrected chi connectivity index (χ4v) is 2.07. The van der Waals surface area contributed by atoms with Gasteiger partial charge in [-0.15, -0.1) is 0 Å². The summed E-state index contributed by atoms with van der Waals surface area (Å²) in [7, 11) is 0. The molecule has 1 fully saturated rings. The molecule has 0 atom stereocenters. The number of amides is 2. The van der Waals surface area contributed by atoms with E-state index in [1.807, 2.05) is 0 Å². The number of aryl methyl sites for hydroxylation is 1. The standard InChI is InChI=1S/C13H17N3O4/c1-9-3-4-10(7-11(9)16(19)20)15-12(17)14-8-13(18)5-2-6-13/h3-4,7,18H,2,5-6,8H2,1H3,(H2,14,15,17). The van der Waals surface area contributed by atoms with Gasteiger partial charge in [0.15, 0.2) is 0 Å². The Labute approximate surface area is 116 Å². The van der Waals surface area contributed by atoms with E-state index in [1.165, 1.54) is 6.07 Å². The summed E-state index contributed by atoms with van der Waals surface area (Å²) in [5.41, 5.74) is 0.0435. The van der Waals surface area contributed by atoms with Crippen molar-refractivity contribution in [1.29, 1.82) is 0 Å². The lowest BCUT2D eigenvalue weighted by Gasteiger charge is -2.36. The monoisotopic (exact) mass is 279 g/mol. The summed E-state index contributed by atoms with van der Waals surface area (Å²) in [6.45, 7) is 1.82. The quantitative estimate of drug-likeness (QED) is 0.578. The minimum Gasteiger partial charge on any atom is -0.388 e. The zero-order valence-corrected chi connectivity index (χ0v) is 11.2. The average molecular weight is 279 g/mol. The third kappa shape index (κ3) is 3.24. The van der Waals surface area contributed by atoms with Crippen molar-refractivity contribution in [2.24, 2.45) is 0 Å². The first-order valence-electron chi connectivity index (χ1n) is 6.42. The number of nitrogens with zero attached hydrogens (tertiary/aromatic N) is 1. The van der Waals surface area contributed by atoms with E-state index < -0.39 is 16.6 Å². The maximum atomic E-state index is 11.7. The first-order valence-corrected chi connectivity index (χ1v) is 6.42. The van der Waals surface area contributed by atoms with Crippen molar-refractivity contribution in [1.82, 2.24) is 5.32 Å². The third-order valence-corrected chi connectivity index (χ3v) is 3.53. The second-order valence-electron chi connectivity index (χ2n) is 5.14. The molecule has 0 bridgehead atoms. The number of anilines is 1. The summed E-state index contributed by atoms with van der Waals surface area (Å²) in [6, 6.07) is 4.00. The Bertz CT molecular complexity index is 540. The van der Waals surface area contributed by atoms with Crippen LogP contribution in [0.1, 0.15) is 24.8 Å². The molecule has 108 valence electrons. The number of aliphatic hydroxyl groups is 1. The molecule has 0 spiro atoms. The molecule has 7 heteroatoms. The molecule has 0 heterocycles. The summed E-state index contributed by atoms with van der Waals surface area (Å²) in [5.74, 6) is 0. The zero-order chi connectivity index (χ0) is 14.8. The summed E-state index contributed by atoms with van der Waals surface area (Å²) in [5, 5.41) is 25.7. The molecule has 0 radical (unpaired) electrons. The highest BCUT2D eigenvalue weighted by atomic mass is 16.6. The highest BCUT2D eigenvalue weighted by Gasteiger charge is 2.34. The van der Waals surface area contributed by atoms with Crippen molar-refractivity contribution in [2.75, 3.05) is 11.9 Å². The molecule has 2 amide bonds. The minimum atomic E-state index is -0.795. The van der Waals surface area contributed by atoms with Crippen LogP contribution >= 0.6 is 0 Å². The first-order chi connectivity index (χ1) is 9.39. The van der Waals surface area contributed by atoms with Gasteiger partial charge in [-0.1, -0.05) is 6.07 Å². The second kappa shape index (κ2) is 5.46. The van der Waals surface area contributed by atoms with E-state index in [1.54, 1.807) is 19.1 Å². The van der Waals surface area contributed by atoms with Crippen LogP contribution < -0.4 is 10.6 Å². The molecule has 1 aliphatic rings. The fourth-order valence-electron chi connectivity index (χ4n) is 2.07. The van der Waals surface area contributed by atoms with Gasteiger partial charge in [0.1, 0.15) is 0 Å². The number of hydrogen-bond donors (Lipinski definition) is 3. The second-order valence-corrected chi connectivity index (χ2v) is 5.14. The Hall–Kier alpha value is -2.15. The molecule has 1 aromatic rings. The van der Waals surface area contributed by atoms with Crippen LogP contribution in [0.2, 0.25) is 0 Å². The summed E-state index contributed by atoms with van der Waals surface area (Å²) in [6.07, 6.45) is 2.33. The number of rotatable bonds is 4. The van der Waals surface area contributed by atoms with Crippen LogP contribution in [-0.4, -0.2) is 28.2 Å². The molecular weight excluding hydrogens is 262 g/mol. The molecule has 3 N–H and O–H groups in total. The molecule has 20 heavy (non-hydrogen) atoms. The van der Waals surface area contributed by atoms with Crippen molar-refractivity contribution in [3.63, 3.8) is 0 Å². The van der Waals surface area contributed by atoms with Gasteiger partial charge in [-0.2, -0.15) is 0 Å². The lowest BCUT2D eigenvalue weighted by molar-refractivity contribution is -0.385. The number of nitro benzene ring substituents is 1. The van der Waals surface area contributed by atoms with Crippen molar-refractivity contribution in [2.45, 2.75) is 31.8 Å². The van der Waals surface area contributed by atoms with Crippen LogP contribution in [0, 0.1) is 17.0 Å². The minimum absolute atomic E-state index is 0.0413. The molecule has 0 aromatic heterocycles. The van der Waals surface area contributed by atoms with Crippen molar-refractivity contribution in [3.05, 3.63) is 33.9 Å². The zero-order valence-electron chi connectivity index (χ0n) is 11.2. The van der Waals surface area contributed by atoms with E-state index in [2.05, 4.69) is 10.6 Å². The Kier molecular flexibility index (Phi) is 3.89. The highest BCUT2D eigenvalue weighted by Crippen LogP contribution is 2.30. The molecule has 0 saturated heterocycles. The van der Waals surface area contributed by atoms with E-state index in [0.717, 1.165) is 6.42 Å². The number of nitrogens with one attached hydrogen (secondary N) is 2. The number of urea groups is 1. The SMILES string of the molecule is Cc1ccc(NC(=O)NCC2(O)CCC2)cc1[N+](=O)[O-]. The van der Waals surface area contributed by atoms with Gasteiger partial charge in [-0.3, -0.25) is 10.1 Å². The highest BCUT2D eigenvalue weighted by molar-refractivity contribution is 5.89. The van der Waals surface area contributed by atoms with Gasteiger partial charge in [-0.05, 0) is 32.3 Å². The van der Waals surface area contributed by atoms with Gasteiger partial charge in [0.05, 0.1) is 10.5 Å². The predicted molar refractivity (Wildman–Crippen MR) is 73.7 cm³/mol. The van der Waals surface area contributed by atoms with Gasteiger partial charge in [0.25, 0.3) is 5.69 Å². The Morgan fingerprint density at radius 3 is 2.75 bits per heavy atom. The topological polar surface area (TPSA) is 104 Å². The van der Waals surface area contributed by atoms with Crippen LogP contribution in [0.15, 0.2) is 18.2 Å². The van der Waals surface area contributed by atoms with Crippen molar-refractivity contribution < 1.29 is 14.8 Å². The first kappa shape index (κ1) is 14.3. The number of benzene rings is 1. The lowest BCUT2D eigenvalue weighted by Crippen LogP contribution is -2.48. The lowest BCUT2D eigenvalue weighted by atomic mass is 9.80. The number of hydrogen-bond acceptors (Lipinski definition) is 4. The van der Waals surface area contributed by atoms with Gasteiger partial charge >= 0.3 is 6.03 Å². The van der Waals surface area contributed by atoms with Crippen molar-refractivity contribution in [3.8, 4) is 0 Å². The number of carbonyl (C=O) groups is 1. The van der Waals surface area contributed by atoms with Crippen LogP contribution in [0.5, 0.6) is 0 Å². The molecule has 1 aliphatic carbocycles. The predicted octanol–water partition coefficient (Wildman–Crippen LogP) is 1.94. The largest absolute Gasteiger partial charge is 0.388 e.